The first-order chi connectivity index (χ1) is 20.2. The molecule has 0 radical (unpaired) electrons. The molecule has 1 aromatic carbocycles. The van der Waals surface area contributed by atoms with Crippen molar-refractivity contribution in [2.75, 3.05) is 44.7 Å². The van der Waals surface area contributed by atoms with Crippen molar-refractivity contribution in [2.45, 2.75) is 64.0 Å². The Morgan fingerprint density at radius 2 is 2.05 bits per heavy atom. The molecular formula is C32H40ClFN6O2. The quantitative estimate of drug-likeness (QED) is 0.378. The average molecular weight is 595 g/mol. The number of anilines is 1. The summed E-state index contributed by atoms with van der Waals surface area (Å²) in [7, 11) is 2.13. The molecule has 2 aromatic rings. The molecule has 0 saturated carbocycles. The average Bonchev–Trinajstić information content (AvgIpc) is 3.31. The maximum atomic E-state index is 13.8. The Kier molecular flexibility index (Phi) is 9.64. The Hall–Kier alpha value is -3.22. The Morgan fingerprint density at radius 1 is 1.24 bits per heavy atom. The van der Waals surface area contributed by atoms with Gasteiger partial charge in [-0.3, -0.25) is 9.69 Å². The zero-order valence-corrected chi connectivity index (χ0v) is 25.3. The van der Waals surface area contributed by atoms with Crippen LogP contribution in [0.4, 0.5) is 10.2 Å². The Bertz CT molecular complexity index is 1350. The summed E-state index contributed by atoms with van der Waals surface area (Å²) in [6, 6.07) is 10.4. The maximum Gasteiger partial charge on any atom is 0.318 e. The maximum absolute atomic E-state index is 13.8. The molecule has 5 rings (SSSR count). The van der Waals surface area contributed by atoms with Gasteiger partial charge in [-0.25, -0.2) is 4.39 Å². The molecule has 0 N–H and O–H groups in total. The van der Waals surface area contributed by atoms with Crippen LogP contribution >= 0.6 is 11.6 Å². The molecule has 224 valence electrons. The minimum Gasteiger partial charge on any atom is -0.462 e. The second-order valence-corrected chi connectivity index (χ2v) is 12.5. The number of carbonyl (C=O) groups excluding carboxylic acids is 1. The summed E-state index contributed by atoms with van der Waals surface area (Å²) in [6.45, 7) is 8.15. The molecule has 3 heterocycles. The third kappa shape index (κ3) is 6.87. The van der Waals surface area contributed by atoms with Crippen LogP contribution in [-0.2, 0) is 24.1 Å². The molecule has 2 saturated heterocycles. The second-order valence-electron chi connectivity index (χ2n) is 12.1. The highest BCUT2D eigenvalue weighted by Gasteiger charge is 2.35. The van der Waals surface area contributed by atoms with Crippen molar-refractivity contribution in [1.82, 2.24) is 19.8 Å². The number of carbonyl (C=O) groups is 1. The number of likely N-dealkylation sites (tertiary alicyclic amines) is 1. The number of rotatable bonds is 9. The highest BCUT2D eigenvalue weighted by molar-refractivity contribution is 6.31. The highest BCUT2D eigenvalue weighted by Crippen LogP contribution is 2.36. The van der Waals surface area contributed by atoms with Crippen LogP contribution in [0.2, 0.25) is 5.02 Å². The lowest BCUT2D eigenvalue weighted by Gasteiger charge is -2.42. The third-order valence-corrected chi connectivity index (χ3v) is 9.39. The van der Waals surface area contributed by atoms with Crippen LogP contribution < -0.4 is 9.64 Å². The number of hydrogen-bond donors (Lipinski definition) is 0. The fourth-order valence-corrected chi connectivity index (χ4v) is 6.98. The molecule has 1 aromatic heterocycles. The lowest BCUT2D eigenvalue weighted by Crippen LogP contribution is -2.55. The van der Waals surface area contributed by atoms with E-state index in [2.05, 4.69) is 42.5 Å². The number of likely N-dealkylation sites (N-methyl/N-ethyl adjacent to an activating group) is 1. The molecule has 1 aliphatic carbocycles. The van der Waals surface area contributed by atoms with Gasteiger partial charge in [-0.1, -0.05) is 43.3 Å². The lowest BCUT2D eigenvalue weighted by atomic mass is 9.83. The molecule has 1 amide bonds. The van der Waals surface area contributed by atoms with Crippen LogP contribution in [0.5, 0.6) is 6.01 Å². The van der Waals surface area contributed by atoms with Gasteiger partial charge < -0.3 is 14.5 Å². The summed E-state index contributed by atoms with van der Waals surface area (Å²) in [4.78, 5) is 28.2. The molecule has 2 aliphatic heterocycles. The van der Waals surface area contributed by atoms with E-state index >= 15 is 0 Å². The van der Waals surface area contributed by atoms with Gasteiger partial charge in [0.2, 0.25) is 0 Å². The predicted octanol–water partition coefficient (Wildman–Crippen LogP) is 5.00. The number of ether oxygens (including phenoxy) is 1. The van der Waals surface area contributed by atoms with Gasteiger partial charge >= 0.3 is 6.01 Å². The van der Waals surface area contributed by atoms with Crippen LogP contribution in [0.25, 0.3) is 0 Å². The van der Waals surface area contributed by atoms with E-state index in [-0.39, 0.29) is 13.0 Å². The fourth-order valence-electron chi connectivity index (χ4n) is 6.75. The van der Waals surface area contributed by atoms with Gasteiger partial charge in [-0.15, -0.1) is 0 Å². The van der Waals surface area contributed by atoms with Gasteiger partial charge in [-0.05, 0) is 69.0 Å². The fraction of sp³-hybridized carbons (Fsp3) is 0.562. The smallest absolute Gasteiger partial charge is 0.318 e. The predicted molar refractivity (Wildman–Crippen MR) is 161 cm³/mol. The molecule has 8 nitrogen and oxygen atoms in total. The summed E-state index contributed by atoms with van der Waals surface area (Å²) >= 11 is 6.42. The van der Waals surface area contributed by atoms with Crippen molar-refractivity contribution < 1.29 is 13.9 Å². The molecule has 3 unspecified atom stereocenters. The van der Waals surface area contributed by atoms with Crippen molar-refractivity contribution in [1.29, 1.82) is 5.26 Å². The standard InChI is InChI=1S/C32H40ClFN6O2/c1-21-16-26(38(3)18-21)20-42-32-36-29-17-23(8-10-24-6-4-5-7-28(24)33)9-11-27(29)30(37-32)39-14-15-40(31(41)22(2)34)25(19-39)12-13-35/h4-7,21,23,25-26H,2,8-12,14-20H2,1,3H3/t21-,23?,25?,26?/m1/s1. The minimum absolute atomic E-state index is 0.0997. The molecule has 42 heavy (non-hydrogen) atoms. The van der Waals surface area contributed by atoms with E-state index < -0.39 is 17.8 Å². The van der Waals surface area contributed by atoms with Gasteiger partial charge in [0.25, 0.3) is 5.91 Å². The topological polar surface area (TPSA) is 85.6 Å². The van der Waals surface area contributed by atoms with Gasteiger partial charge in [0.15, 0.2) is 5.83 Å². The van der Waals surface area contributed by atoms with E-state index in [0.717, 1.165) is 67.2 Å². The highest BCUT2D eigenvalue weighted by atomic mass is 35.5. The van der Waals surface area contributed by atoms with Gasteiger partial charge in [0, 0.05) is 42.8 Å². The normalized spacial score (nSPS) is 24.3. The van der Waals surface area contributed by atoms with Gasteiger partial charge in [-0.2, -0.15) is 15.2 Å². The number of halogens is 2. The number of fused-ring (bicyclic) bond motifs is 1. The molecule has 2 fully saturated rings. The number of nitrogens with zero attached hydrogens (tertiary/aromatic N) is 6. The van der Waals surface area contributed by atoms with Crippen molar-refractivity contribution in [2.24, 2.45) is 11.8 Å². The Balaban J connectivity index is 1.38. The summed E-state index contributed by atoms with van der Waals surface area (Å²) in [6.07, 6.45) is 5.78. The van der Waals surface area contributed by atoms with Crippen LogP contribution in [0.1, 0.15) is 49.4 Å². The van der Waals surface area contributed by atoms with E-state index in [0.29, 0.717) is 43.6 Å². The van der Waals surface area contributed by atoms with Crippen molar-refractivity contribution in [3.63, 3.8) is 0 Å². The van der Waals surface area contributed by atoms with Crippen molar-refractivity contribution in [3.05, 3.63) is 58.5 Å². The van der Waals surface area contributed by atoms with Gasteiger partial charge in [0.1, 0.15) is 12.4 Å². The zero-order valence-electron chi connectivity index (χ0n) is 24.6. The van der Waals surface area contributed by atoms with Crippen LogP contribution in [0.3, 0.4) is 0 Å². The monoisotopic (exact) mass is 594 g/mol. The number of piperazine rings is 1. The van der Waals surface area contributed by atoms with Crippen molar-refractivity contribution in [3.8, 4) is 12.1 Å². The summed E-state index contributed by atoms with van der Waals surface area (Å²) in [5.74, 6) is 0.138. The number of aryl methyl sites for hydroxylation is 1. The van der Waals surface area contributed by atoms with Crippen LogP contribution in [-0.4, -0.2) is 77.6 Å². The molecule has 0 bridgehead atoms. The molecule has 10 heteroatoms. The number of hydrogen-bond acceptors (Lipinski definition) is 7. The van der Waals surface area contributed by atoms with Crippen LogP contribution in [0, 0.1) is 23.2 Å². The van der Waals surface area contributed by atoms with E-state index in [9.17, 15) is 14.4 Å². The molecule has 0 spiro atoms. The van der Waals surface area contributed by atoms with Crippen molar-refractivity contribution >= 4 is 23.3 Å². The van der Waals surface area contributed by atoms with E-state index in [1.54, 1.807) is 0 Å². The van der Waals surface area contributed by atoms with E-state index in [1.807, 2.05) is 18.2 Å². The summed E-state index contributed by atoms with van der Waals surface area (Å²) < 4.78 is 20.0. The zero-order chi connectivity index (χ0) is 29.8. The largest absolute Gasteiger partial charge is 0.462 e. The first kappa shape index (κ1) is 30.2. The van der Waals surface area contributed by atoms with E-state index in [4.69, 9.17) is 26.3 Å². The first-order valence-corrected chi connectivity index (χ1v) is 15.3. The molecule has 4 atom stereocenters. The Morgan fingerprint density at radius 3 is 2.76 bits per heavy atom. The van der Waals surface area contributed by atoms with Gasteiger partial charge in [0.05, 0.1) is 24.2 Å². The summed E-state index contributed by atoms with van der Waals surface area (Å²) in [5, 5.41) is 10.3. The summed E-state index contributed by atoms with van der Waals surface area (Å²) in [5.41, 5.74) is 3.28. The third-order valence-electron chi connectivity index (χ3n) is 9.02. The first-order valence-electron chi connectivity index (χ1n) is 15.0. The number of benzene rings is 1. The second kappa shape index (κ2) is 13.4. The molecule has 3 aliphatic rings. The number of nitriles is 1. The SMILES string of the molecule is C=C(F)C(=O)N1CCN(c2nc(OCC3C[C@@H](C)CN3C)nc3c2CCC(CCc2ccccc2Cl)C3)CC1CC#N. The molecular weight excluding hydrogens is 555 g/mol. The van der Waals surface area contributed by atoms with E-state index in [1.165, 1.54) is 10.5 Å². The lowest BCUT2D eigenvalue weighted by molar-refractivity contribution is -0.131. The van der Waals surface area contributed by atoms with Crippen LogP contribution in [0.15, 0.2) is 36.7 Å². The number of amides is 1. The number of aromatic nitrogens is 2. The minimum atomic E-state index is -1.00. The Labute approximate surface area is 253 Å².